The standard InChI is InChI=1S/C19H24O6/c1-10(8-23-11(2)20)12-4-5-18(3)14(12)6-13-16(25-18)15-7-19(22,9-24-15)17(13)21/h12,14-15,22H,1,4-9H2,2-3H3/t12-,14-,15-,18+,19+/m0/s1. The first-order valence-electron chi connectivity index (χ1n) is 8.85. The van der Waals surface area contributed by atoms with E-state index < -0.39 is 5.60 Å². The van der Waals surface area contributed by atoms with E-state index in [1.54, 1.807) is 0 Å². The van der Waals surface area contributed by atoms with Gasteiger partial charge in [-0.3, -0.25) is 9.59 Å². The molecule has 2 fully saturated rings. The fourth-order valence-corrected chi connectivity index (χ4v) is 4.90. The SMILES string of the molecule is C=C(COC(C)=O)[C@@H]1CC[C@@]2(C)OC3=C(C[C@@H]12)C(=O)[C@]1(O)CO[C@H]3C1. The summed E-state index contributed by atoms with van der Waals surface area (Å²) in [5.41, 5.74) is -0.350. The zero-order chi connectivity index (χ0) is 18.0. The molecule has 6 nitrogen and oxygen atoms in total. The number of fused-ring (bicyclic) bond motifs is 4. The first-order valence-corrected chi connectivity index (χ1v) is 8.85. The Morgan fingerprint density at radius 1 is 1.48 bits per heavy atom. The summed E-state index contributed by atoms with van der Waals surface area (Å²) in [6.45, 7) is 7.79. The number of carbonyl (C=O) groups excluding carboxylic acids is 2. The topological polar surface area (TPSA) is 82.1 Å². The van der Waals surface area contributed by atoms with Gasteiger partial charge in [0.2, 0.25) is 0 Å². The Kier molecular flexibility index (Phi) is 3.64. The molecule has 2 heterocycles. The third-order valence-corrected chi connectivity index (χ3v) is 6.31. The monoisotopic (exact) mass is 348 g/mol. The summed E-state index contributed by atoms with van der Waals surface area (Å²) in [6.07, 6.45) is 2.25. The Morgan fingerprint density at radius 2 is 2.24 bits per heavy atom. The van der Waals surface area contributed by atoms with Crippen molar-refractivity contribution in [1.29, 1.82) is 0 Å². The van der Waals surface area contributed by atoms with Crippen LogP contribution in [-0.2, 0) is 23.8 Å². The van der Waals surface area contributed by atoms with E-state index in [0.29, 0.717) is 17.8 Å². The van der Waals surface area contributed by atoms with Crippen molar-refractivity contribution in [2.75, 3.05) is 13.2 Å². The van der Waals surface area contributed by atoms with Crippen molar-refractivity contribution >= 4 is 11.8 Å². The first-order chi connectivity index (χ1) is 11.7. The van der Waals surface area contributed by atoms with Crippen LogP contribution >= 0.6 is 0 Å². The molecule has 0 spiro atoms. The molecule has 0 aromatic carbocycles. The van der Waals surface area contributed by atoms with Crippen LogP contribution in [-0.4, -0.2) is 47.4 Å². The summed E-state index contributed by atoms with van der Waals surface area (Å²) in [7, 11) is 0. The zero-order valence-corrected chi connectivity index (χ0v) is 14.7. The van der Waals surface area contributed by atoms with E-state index in [-0.39, 0.29) is 54.9 Å². The van der Waals surface area contributed by atoms with E-state index in [4.69, 9.17) is 14.2 Å². The normalized spacial score (nSPS) is 41.9. The summed E-state index contributed by atoms with van der Waals surface area (Å²) in [5.74, 6) is 0.248. The quantitative estimate of drug-likeness (QED) is 0.617. The van der Waals surface area contributed by atoms with Gasteiger partial charge < -0.3 is 19.3 Å². The highest BCUT2D eigenvalue weighted by molar-refractivity contribution is 6.04. The molecular formula is C19H24O6. The molecular weight excluding hydrogens is 324 g/mol. The predicted molar refractivity (Wildman–Crippen MR) is 87.4 cm³/mol. The summed E-state index contributed by atoms with van der Waals surface area (Å²) < 4.78 is 17.0. The van der Waals surface area contributed by atoms with Crippen molar-refractivity contribution in [2.45, 2.75) is 56.8 Å². The van der Waals surface area contributed by atoms with E-state index in [9.17, 15) is 14.7 Å². The van der Waals surface area contributed by atoms with Gasteiger partial charge in [-0.1, -0.05) is 6.58 Å². The van der Waals surface area contributed by atoms with Crippen molar-refractivity contribution in [1.82, 2.24) is 0 Å². The number of hydrogen-bond acceptors (Lipinski definition) is 6. The van der Waals surface area contributed by atoms with Crippen LogP contribution in [0.3, 0.4) is 0 Å². The van der Waals surface area contributed by atoms with Crippen molar-refractivity contribution in [3.05, 3.63) is 23.5 Å². The largest absolute Gasteiger partial charge is 0.488 e. The highest BCUT2D eigenvalue weighted by Crippen LogP contribution is 2.55. The number of Topliss-reactive ketones (excluding diaryl/α,β-unsaturated/α-hetero) is 1. The molecule has 1 saturated heterocycles. The Bertz CT molecular complexity index is 694. The van der Waals surface area contributed by atoms with Gasteiger partial charge in [0.25, 0.3) is 0 Å². The smallest absolute Gasteiger partial charge is 0.302 e. The minimum Gasteiger partial charge on any atom is -0.488 e. The highest BCUT2D eigenvalue weighted by atomic mass is 16.6. The van der Waals surface area contributed by atoms with Gasteiger partial charge in [0.1, 0.15) is 24.1 Å². The summed E-state index contributed by atoms with van der Waals surface area (Å²) in [5, 5.41) is 10.5. The van der Waals surface area contributed by atoms with Crippen LogP contribution in [0.4, 0.5) is 0 Å². The van der Waals surface area contributed by atoms with Gasteiger partial charge in [0.15, 0.2) is 11.4 Å². The second-order valence-electron chi connectivity index (χ2n) is 8.02. The van der Waals surface area contributed by atoms with Crippen molar-refractivity contribution in [3.63, 3.8) is 0 Å². The van der Waals surface area contributed by atoms with Crippen LogP contribution in [0.25, 0.3) is 0 Å². The lowest BCUT2D eigenvalue weighted by molar-refractivity contribution is -0.140. The lowest BCUT2D eigenvalue weighted by Crippen LogP contribution is -2.49. The van der Waals surface area contributed by atoms with E-state index in [2.05, 4.69) is 13.5 Å². The minimum atomic E-state index is -1.40. The third-order valence-electron chi connectivity index (χ3n) is 6.31. The van der Waals surface area contributed by atoms with Gasteiger partial charge in [0.05, 0.1) is 6.61 Å². The van der Waals surface area contributed by atoms with Crippen molar-refractivity contribution < 1.29 is 28.9 Å². The minimum absolute atomic E-state index is 0.0385. The number of ketones is 1. The Hall–Kier alpha value is -1.66. The Balaban J connectivity index is 1.60. The van der Waals surface area contributed by atoms with E-state index in [1.807, 2.05) is 0 Å². The number of ether oxygens (including phenoxy) is 3. The molecule has 1 saturated carbocycles. The summed E-state index contributed by atoms with van der Waals surface area (Å²) in [4.78, 5) is 23.8. The molecule has 6 heteroatoms. The van der Waals surface area contributed by atoms with Gasteiger partial charge >= 0.3 is 5.97 Å². The van der Waals surface area contributed by atoms with Gasteiger partial charge in [-0.2, -0.15) is 0 Å². The number of hydrogen-bond donors (Lipinski definition) is 1. The molecule has 0 radical (unpaired) electrons. The predicted octanol–water partition coefficient (Wildman–Crippen LogP) is 1.67. The Morgan fingerprint density at radius 3 is 2.96 bits per heavy atom. The lowest BCUT2D eigenvalue weighted by atomic mass is 9.72. The van der Waals surface area contributed by atoms with E-state index in [1.165, 1.54) is 6.92 Å². The van der Waals surface area contributed by atoms with Crippen LogP contribution in [0, 0.1) is 11.8 Å². The number of esters is 1. The summed E-state index contributed by atoms with van der Waals surface area (Å²) in [6, 6.07) is 0. The molecule has 0 aromatic heterocycles. The van der Waals surface area contributed by atoms with Crippen LogP contribution in [0.5, 0.6) is 0 Å². The van der Waals surface area contributed by atoms with Gasteiger partial charge in [-0.25, -0.2) is 0 Å². The molecule has 2 aliphatic heterocycles. The van der Waals surface area contributed by atoms with Crippen LogP contribution in [0.1, 0.15) is 39.5 Å². The highest BCUT2D eigenvalue weighted by Gasteiger charge is 2.59. The maximum Gasteiger partial charge on any atom is 0.302 e. The molecule has 0 unspecified atom stereocenters. The van der Waals surface area contributed by atoms with Crippen molar-refractivity contribution in [3.8, 4) is 0 Å². The van der Waals surface area contributed by atoms with Gasteiger partial charge in [-0.05, 0) is 37.7 Å². The maximum absolute atomic E-state index is 12.8. The molecule has 0 aromatic rings. The number of carbonyl (C=O) groups is 2. The second kappa shape index (κ2) is 5.42. The molecule has 4 aliphatic rings. The van der Waals surface area contributed by atoms with E-state index >= 15 is 0 Å². The van der Waals surface area contributed by atoms with Gasteiger partial charge in [-0.15, -0.1) is 0 Å². The van der Waals surface area contributed by atoms with Crippen molar-refractivity contribution in [2.24, 2.45) is 11.8 Å². The number of rotatable bonds is 3. The van der Waals surface area contributed by atoms with Crippen LogP contribution < -0.4 is 0 Å². The number of aliphatic hydroxyl groups is 1. The fourth-order valence-electron chi connectivity index (χ4n) is 4.90. The van der Waals surface area contributed by atoms with Gasteiger partial charge in [0, 0.05) is 24.8 Å². The Labute approximate surface area is 146 Å². The fraction of sp³-hybridized carbons (Fsp3) is 0.684. The maximum atomic E-state index is 12.8. The molecule has 136 valence electrons. The van der Waals surface area contributed by atoms with E-state index in [0.717, 1.165) is 18.4 Å². The lowest BCUT2D eigenvalue weighted by Gasteiger charge is -2.44. The molecule has 25 heavy (non-hydrogen) atoms. The second-order valence-corrected chi connectivity index (χ2v) is 8.02. The molecule has 2 bridgehead atoms. The van der Waals surface area contributed by atoms with Crippen LogP contribution in [0.2, 0.25) is 0 Å². The molecule has 1 N–H and O–H groups in total. The average molecular weight is 348 g/mol. The average Bonchev–Trinajstić information content (AvgIpc) is 3.09. The molecule has 2 aliphatic carbocycles. The molecule has 0 amide bonds. The van der Waals surface area contributed by atoms with Crippen LogP contribution in [0.15, 0.2) is 23.5 Å². The first kappa shape index (κ1) is 16.8. The third kappa shape index (κ3) is 2.46. The molecule has 4 rings (SSSR count). The summed E-state index contributed by atoms with van der Waals surface area (Å²) >= 11 is 0. The molecule has 5 atom stereocenters. The zero-order valence-electron chi connectivity index (χ0n) is 14.7.